The topological polar surface area (TPSA) is 49.3 Å². The number of rotatable bonds is 13. The Morgan fingerprint density at radius 1 is 1.05 bits per heavy atom. The van der Waals surface area contributed by atoms with Crippen molar-refractivity contribution in [2.24, 2.45) is 0 Å². The molecule has 4 heteroatoms. The largest absolute Gasteiger partial charge is 0.392 e. The molecule has 0 radical (unpaired) electrons. The van der Waals surface area contributed by atoms with Gasteiger partial charge in [-0.25, -0.2) is 9.13 Å². The Balaban J connectivity index is 2.01. The van der Waals surface area contributed by atoms with Gasteiger partial charge in [0.25, 0.3) is 0 Å². The van der Waals surface area contributed by atoms with E-state index in [2.05, 4.69) is 6.92 Å². The minimum Gasteiger partial charge on any atom is -0.392 e. The molecule has 2 N–H and O–H groups in total. The van der Waals surface area contributed by atoms with E-state index in [1.165, 1.54) is 44.9 Å². The number of aromatic nitrogens is 2. The van der Waals surface area contributed by atoms with Gasteiger partial charge in [-0.2, -0.15) is 0 Å². The molecule has 0 fully saturated rings. The molecule has 1 atom stereocenters. The lowest BCUT2D eigenvalue weighted by atomic mass is 10.1. The van der Waals surface area contributed by atoms with E-state index in [1.807, 2.05) is 27.9 Å². The first-order valence-corrected chi connectivity index (χ1v) is 8.60. The summed E-state index contributed by atoms with van der Waals surface area (Å²) in [5.41, 5.74) is 0. The molecule has 0 saturated heterocycles. The highest BCUT2D eigenvalue weighted by Gasteiger charge is 2.10. The third-order valence-corrected chi connectivity index (χ3v) is 3.92. The standard InChI is InChI=1S/C17H33N2O2/c1-2-3-4-5-6-7-8-9-10-17(21)15-19-12-11-18(16-19)13-14-20/h11-12,16-17,20-21H,2-10,13-15H2,1H3/q+1. The van der Waals surface area contributed by atoms with Crippen LogP contribution in [0.1, 0.15) is 64.7 Å². The number of hydrogen-bond donors (Lipinski definition) is 2. The van der Waals surface area contributed by atoms with Gasteiger partial charge in [-0.15, -0.1) is 0 Å². The van der Waals surface area contributed by atoms with Gasteiger partial charge in [-0.1, -0.05) is 58.3 Å². The lowest BCUT2D eigenvalue weighted by Gasteiger charge is -2.08. The van der Waals surface area contributed by atoms with E-state index in [1.54, 1.807) is 0 Å². The molecule has 0 spiro atoms. The van der Waals surface area contributed by atoms with Crippen molar-refractivity contribution in [1.82, 2.24) is 4.57 Å². The van der Waals surface area contributed by atoms with Gasteiger partial charge < -0.3 is 10.2 Å². The summed E-state index contributed by atoms with van der Waals surface area (Å²) < 4.78 is 3.92. The fourth-order valence-corrected chi connectivity index (χ4v) is 2.64. The van der Waals surface area contributed by atoms with Crippen molar-refractivity contribution < 1.29 is 14.8 Å². The number of hydrogen-bond acceptors (Lipinski definition) is 2. The van der Waals surface area contributed by atoms with Crippen LogP contribution < -0.4 is 4.57 Å². The van der Waals surface area contributed by atoms with E-state index in [0.29, 0.717) is 13.1 Å². The minimum absolute atomic E-state index is 0.148. The maximum absolute atomic E-state index is 10.0. The zero-order chi connectivity index (χ0) is 15.3. The van der Waals surface area contributed by atoms with Gasteiger partial charge in [0.05, 0.1) is 12.7 Å². The van der Waals surface area contributed by atoms with Crippen molar-refractivity contribution in [2.45, 2.75) is 83.9 Å². The first-order valence-electron chi connectivity index (χ1n) is 8.60. The molecular weight excluding hydrogens is 264 g/mol. The van der Waals surface area contributed by atoms with Crippen LogP contribution in [0.25, 0.3) is 0 Å². The van der Waals surface area contributed by atoms with Crippen LogP contribution in [0.4, 0.5) is 0 Å². The highest BCUT2D eigenvalue weighted by molar-refractivity contribution is 4.66. The molecule has 0 bridgehead atoms. The van der Waals surface area contributed by atoms with E-state index in [-0.39, 0.29) is 12.7 Å². The smallest absolute Gasteiger partial charge is 0.243 e. The molecule has 1 heterocycles. The zero-order valence-electron chi connectivity index (χ0n) is 13.6. The lowest BCUT2D eigenvalue weighted by molar-refractivity contribution is -0.703. The van der Waals surface area contributed by atoms with Gasteiger partial charge in [-0.05, 0) is 6.42 Å². The molecule has 1 aromatic heterocycles. The van der Waals surface area contributed by atoms with E-state index in [4.69, 9.17) is 5.11 Å². The molecule has 0 aliphatic heterocycles. The maximum Gasteiger partial charge on any atom is 0.243 e. The van der Waals surface area contributed by atoms with Crippen LogP contribution in [-0.4, -0.2) is 27.5 Å². The van der Waals surface area contributed by atoms with Crippen molar-refractivity contribution in [3.05, 3.63) is 18.7 Å². The van der Waals surface area contributed by atoms with Crippen LogP contribution in [-0.2, 0) is 13.1 Å². The normalized spacial score (nSPS) is 12.7. The fraction of sp³-hybridized carbons (Fsp3) is 0.824. The molecule has 122 valence electrons. The molecule has 4 nitrogen and oxygen atoms in total. The second kappa shape index (κ2) is 11.8. The third kappa shape index (κ3) is 8.89. The molecule has 0 aliphatic rings. The third-order valence-electron chi connectivity index (χ3n) is 3.92. The molecule has 1 aromatic rings. The molecule has 0 amide bonds. The average Bonchev–Trinajstić information content (AvgIpc) is 2.89. The van der Waals surface area contributed by atoms with Gasteiger partial charge in [0, 0.05) is 0 Å². The monoisotopic (exact) mass is 297 g/mol. The highest BCUT2D eigenvalue weighted by atomic mass is 16.3. The van der Waals surface area contributed by atoms with Crippen molar-refractivity contribution in [3.8, 4) is 0 Å². The van der Waals surface area contributed by atoms with Crippen molar-refractivity contribution in [2.75, 3.05) is 6.61 Å². The SMILES string of the molecule is CCCCCCCCCCC(O)C[n+]1ccn(CCO)c1. The Labute approximate surface area is 129 Å². The highest BCUT2D eigenvalue weighted by Crippen LogP contribution is 2.10. The van der Waals surface area contributed by atoms with Gasteiger partial charge in [-0.3, -0.25) is 0 Å². The Morgan fingerprint density at radius 3 is 2.38 bits per heavy atom. The second-order valence-electron chi connectivity index (χ2n) is 5.99. The first kappa shape index (κ1) is 18.2. The number of unbranched alkanes of at least 4 members (excludes halogenated alkanes) is 7. The number of imidazole rings is 1. The quantitative estimate of drug-likeness (QED) is 0.434. The summed E-state index contributed by atoms with van der Waals surface area (Å²) in [7, 11) is 0. The summed E-state index contributed by atoms with van der Waals surface area (Å²) in [6, 6.07) is 0. The summed E-state index contributed by atoms with van der Waals surface area (Å²) >= 11 is 0. The summed E-state index contributed by atoms with van der Waals surface area (Å²) in [4.78, 5) is 0. The molecule has 1 unspecified atom stereocenters. The molecule has 21 heavy (non-hydrogen) atoms. The summed E-state index contributed by atoms with van der Waals surface area (Å²) in [5.74, 6) is 0. The van der Waals surface area contributed by atoms with E-state index < -0.39 is 0 Å². The van der Waals surface area contributed by atoms with Gasteiger partial charge >= 0.3 is 0 Å². The fourth-order valence-electron chi connectivity index (χ4n) is 2.64. The number of nitrogens with zero attached hydrogens (tertiary/aromatic N) is 2. The minimum atomic E-state index is -0.264. The molecule has 0 aliphatic carbocycles. The molecular formula is C17H33N2O2+. The van der Waals surface area contributed by atoms with Crippen LogP contribution in [0.2, 0.25) is 0 Å². The second-order valence-corrected chi connectivity index (χ2v) is 5.99. The van der Waals surface area contributed by atoms with Crippen molar-refractivity contribution in [1.29, 1.82) is 0 Å². The van der Waals surface area contributed by atoms with Crippen LogP contribution in [0.5, 0.6) is 0 Å². The number of aliphatic hydroxyl groups is 2. The van der Waals surface area contributed by atoms with Crippen LogP contribution in [0.3, 0.4) is 0 Å². The summed E-state index contributed by atoms with van der Waals surface area (Å²) in [6.07, 6.45) is 16.9. The van der Waals surface area contributed by atoms with Gasteiger partial charge in [0.15, 0.2) is 0 Å². The van der Waals surface area contributed by atoms with E-state index in [9.17, 15) is 5.11 Å². The van der Waals surface area contributed by atoms with Gasteiger partial charge in [0.1, 0.15) is 25.5 Å². The Morgan fingerprint density at radius 2 is 1.71 bits per heavy atom. The lowest BCUT2D eigenvalue weighted by Crippen LogP contribution is -2.38. The van der Waals surface area contributed by atoms with Crippen LogP contribution in [0, 0.1) is 0 Å². The average molecular weight is 297 g/mol. The zero-order valence-corrected chi connectivity index (χ0v) is 13.6. The predicted octanol–water partition coefficient (Wildman–Crippen LogP) is 2.66. The van der Waals surface area contributed by atoms with E-state index in [0.717, 1.165) is 12.8 Å². The predicted molar refractivity (Wildman–Crippen MR) is 84.9 cm³/mol. The van der Waals surface area contributed by atoms with Crippen LogP contribution in [0.15, 0.2) is 18.7 Å². The Kier molecular flexibility index (Phi) is 10.2. The van der Waals surface area contributed by atoms with Gasteiger partial charge in [0.2, 0.25) is 6.33 Å². The summed E-state index contributed by atoms with van der Waals surface area (Å²) in [6.45, 7) is 3.66. The Bertz CT molecular complexity index is 352. The van der Waals surface area contributed by atoms with Crippen molar-refractivity contribution in [3.63, 3.8) is 0 Å². The first-order chi connectivity index (χ1) is 10.3. The van der Waals surface area contributed by atoms with Crippen molar-refractivity contribution >= 4 is 0 Å². The molecule has 0 saturated carbocycles. The Hall–Kier alpha value is -0.870. The van der Waals surface area contributed by atoms with E-state index >= 15 is 0 Å². The molecule has 1 rings (SSSR count). The number of aliphatic hydroxyl groups excluding tert-OH is 2. The van der Waals surface area contributed by atoms with Crippen LogP contribution >= 0.6 is 0 Å². The summed E-state index contributed by atoms with van der Waals surface area (Å²) in [5, 5.41) is 18.9. The maximum atomic E-state index is 10.0. The molecule has 0 aromatic carbocycles.